The first kappa shape index (κ1) is 16.4. The van der Waals surface area contributed by atoms with Crippen molar-refractivity contribution in [2.24, 2.45) is 17.2 Å². The highest BCUT2D eigenvalue weighted by Gasteiger charge is 2.41. The Labute approximate surface area is 128 Å². The summed E-state index contributed by atoms with van der Waals surface area (Å²) < 4.78 is 13.5. The molecule has 3 N–H and O–H groups in total. The van der Waals surface area contributed by atoms with E-state index >= 15 is 0 Å². The maximum Gasteiger partial charge on any atom is 0.123 e. The molecule has 0 bridgehead atoms. The van der Waals surface area contributed by atoms with Gasteiger partial charge in [-0.1, -0.05) is 32.8 Å². The summed E-state index contributed by atoms with van der Waals surface area (Å²) in [5, 5.41) is 0. The smallest absolute Gasteiger partial charge is 0.123 e. The molecular weight excluding hydrogens is 263 g/mol. The van der Waals surface area contributed by atoms with E-state index in [0.717, 1.165) is 17.5 Å². The predicted octanol–water partition coefficient (Wildman–Crippen LogP) is 4.12. The number of rotatable bonds is 6. The topological polar surface area (TPSA) is 38.0 Å². The van der Waals surface area contributed by atoms with Crippen LogP contribution in [0.15, 0.2) is 18.2 Å². The summed E-state index contributed by atoms with van der Waals surface area (Å²) in [6, 6.07) is 5.28. The van der Waals surface area contributed by atoms with Crippen molar-refractivity contribution in [1.82, 2.24) is 5.43 Å². The van der Waals surface area contributed by atoms with Crippen molar-refractivity contribution in [3.63, 3.8) is 0 Å². The normalized spacial score (nSPS) is 19.1. The Morgan fingerprint density at radius 3 is 2.52 bits per heavy atom. The summed E-state index contributed by atoms with van der Waals surface area (Å²) in [4.78, 5) is 0. The Balaban J connectivity index is 2.22. The van der Waals surface area contributed by atoms with Gasteiger partial charge in [-0.05, 0) is 67.2 Å². The third kappa shape index (κ3) is 3.83. The summed E-state index contributed by atoms with van der Waals surface area (Å²) in [5.74, 6) is 6.41. The first-order valence-electron chi connectivity index (χ1n) is 8.18. The first-order chi connectivity index (χ1) is 9.97. The van der Waals surface area contributed by atoms with Gasteiger partial charge in [0, 0.05) is 6.04 Å². The summed E-state index contributed by atoms with van der Waals surface area (Å²) in [6.45, 7) is 6.61. The van der Waals surface area contributed by atoms with Crippen LogP contribution in [0.2, 0.25) is 0 Å². The van der Waals surface area contributed by atoms with Crippen molar-refractivity contribution in [2.45, 2.75) is 65.3 Å². The van der Waals surface area contributed by atoms with Crippen LogP contribution in [0.1, 0.15) is 57.1 Å². The zero-order chi connectivity index (χ0) is 15.5. The molecule has 0 amide bonds. The second-order valence-electron chi connectivity index (χ2n) is 7.16. The van der Waals surface area contributed by atoms with Crippen LogP contribution >= 0.6 is 0 Å². The van der Waals surface area contributed by atoms with E-state index < -0.39 is 0 Å². The van der Waals surface area contributed by atoms with Crippen molar-refractivity contribution in [3.8, 4) is 0 Å². The van der Waals surface area contributed by atoms with Gasteiger partial charge in [-0.25, -0.2) is 4.39 Å². The molecule has 1 aromatic rings. The molecule has 1 unspecified atom stereocenters. The molecule has 2 rings (SSSR count). The van der Waals surface area contributed by atoms with Crippen LogP contribution < -0.4 is 11.3 Å². The number of nitrogens with two attached hydrogens (primary N) is 1. The minimum atomic E-state index is -0.157. The molecule has 21 heavy (non-hydrogen) atoms. The quantitative estimate of drug-likeness (QED) is 0.611. The largest absolute Gasteiger partial charge is 0.271 e. The zero-order valence-electron chi connectivity index (χ0n) is 13.6. The van der Waals surface area contributed by atoms with Gasteiger partial charge >= 0.3 is 0 Å². The van der Waals surface area contributed by atoms with Gasteiger partial charge in [0.25, 0.3) is 0 Å². The number of hydrazine groups is 1. The number of benzene rings is 1. The number of aryl methyl sites for hydroxylation is 1. The summed E-state index contributed by atoms with van der Waals surface area (Å²) >= 11 is 0. The monoisotopic (exact) mass is 292 g/mol. The summed E-state index contributed by atoms with van der Waals surface area (Å²) in [5.41, 5.74) is 5.55. The van der Waals surface area contributed by atoms with Crippen molar-refractivity contribution >= 4 is 0 Å². The van der Waals surface area contributed by atoms with E-state index in [2.05, 4.69) is 19.3 Å². The molecule has 0 saturated heterocycles. The Hall–Kier alpha value is -0.930. The lowest BCUT2D eigenvalue weighted by molar-refractivity contribution is 0.154. The van der Waals surface area contributed by atoms with Gasteiger partial charge < -0.3 is 0 Å². The van der Waals surface area contributed by atoms with Gasteiger partial charge in [0.15, 0.2) is 0 Å². The standard InChI is InChI=1S/C18H29FN2/c1-13(2)12-18(8-4-5-9-18)17(21-20)11-15-10-16(19)7-6-14(15)3/h6-7,10,13,17,21H,4-5,8-9,11-12,20H2,1-3H3. The number of hydrogen-bond donors (Lipinski definition) is 2. The minimum absolute atomic E-state index is 0.157. The zero-order valence-corrected chi connectivity index (χ0v) is 13.6. The van der Waals surface area contributed by atoms with E-state index in [-0.39, 0.29) is 17.3 Å². The molecule has 0 aliphatic heterocycles. The van der Waals surface area contributed by atoms with Crippen LogP contribution in [-0.2, 0) is 6.42 Å². The molecule has 2 nitrogen and oxygen atoms in total. The Morgan fingerprint density at radius 2 is 1.95 bits per heavy atom. The Bertz CT molecular complexity index is 464. The summed E-state index contributed by atoms with van der Waals surface area (Å²) in [6.07, 6.45) is 7.03. The maximum absolute atomic E-state index is 13.5. The van der Waals surface area contributed by atoms with Gasteiger partial charge in [-0.15, -0.1) is 0 Å². The fraction of sp³-hybridized carbons (Fsp3) is 0.667. The third-order valence-corrected chi connectivity index (χ3v) is 5.09. The average Bonchev–Trinajstić information content (AvgIpc) is 2.88. The highest BCUT2D eigenvalue weighted by Crippen LogP contribution is 2.46. The lowest BCUT2D eigenvalue weighted by Gasteiger charge is -2.39. The minimum Gasteiger partial charge on any atom is -0.271 e. The van der Waals surface area contributed by atoms with Crippen LogP contribution in [0, 0.1) is 24.1 Å². The lowest BCUT2D eigenvalue weighted by Crippen LogP contribution is -2.49. The fourth-order valence-electron chi connectivity index (χ4n) is 4.12. The first-order valence-corrected chi connectivity index (χ1v) is 8.18. The summed E-state index contributed by atoms with van der Waals surface area (Å²) in [7, 11) is 0. The highest BCUT2D eigenvalue weighted by molar-refractivity contribution is 5.28. The maximum atomic E-state index is 13.5. The van der Waals surface area contributed by atoms with Gasteiger partial charge in [0.05, 0.1) is 0 Å². The number of halogens is 1. The lowest BCUT2D eigenvalue weighted by atomic mass is 9.71. The van der Waals surface area contributed by atoms with Gasteiger partial charge in [-0.3, -0.25) is 11.3 Å². The molecule has 1 saturated carbocycles. The van der Waals surface area contributed by atoms with Crippen molar-refractivity contribution in [3.05, 3.63) is 35.1 Å². The SMILES string of the molecule is Cc1ccc(F)cc1CC(NN)C1(CC(C)C)CCCC1. The van der Waals surface area contributed by atoms with E-state index in [4.69, 9.17) is 5.84 Å². The van der Waals surface area contributed by atoms with Crippen molar-refractivity contribution < 1.29 is 4.39 Å². The molecule has 1 fully saturated rings. The van der Waals surface area contributed by atoms with Crippen LogP contribution in [0.5, 0.6) is 0 Å². The number of nitrogens with one attached hydrogen (secondary N) is 1. The van der Waals surface area contributed by atoms with E-state index in [1.807, 2.05) is 13.0 Å². The second kappa shape index (κ2) is 6.89. The molecule has 0 spiro atoms. The molecule has 1 atom stereocenters. The van der Waals surface area contributed by atoms with Crippen LogP contribution in [0.4, 0.5) is 4.39 Å². The molecule has 1 aliphatic carbocycles. The third-order valence-electron chi connectivity index (χ3n) is 5.09. The molecule has 3 heteroatoms. The number of hydrogen-bond acceptors (Lipinski definition) is 2. The highest BCUT2D eigenvalue weighted by atomic mass is 19.1. The van der Waals surface area contributed by atoms with Crippen LogP contribution in [0.3, 0.4) is 0 Å². The van der Waals surface area contributed by atoms with Crippen LogP contribution in [-0.4, -0.2) is 6.04 Å². The van der Waals surface area contributed by atoms with Gasteiger partial charge in [0.1, 0.15) is 5.82 Å². The van der Waals surface area contributed by atoms with Crippen LogP contribution in [0.25, 0.3) is 0 Å². The van der Waals surface area contributed by atoms with E-state index in [1.165, 1.54) is 38.2 Å². The van der Waals surface area contributed by atoms with E-state index in [9.17, 15) is 4.39 Å². The molecular formula is C18H29FN2. The fourth-order valence-corrected chi connectivity index (χ4v) is 4.12. The van der Waals surface area contributed by atoms with Crippen molar-refractivity contribution in [2.75, 3.05) is 0 Å². The average molecular weight is 292 g/mol. The van der Waals surface area contributed by atoms with Gasteiger partial charge in [0.2, 0.25) is 0 Å². The van der Waals surface area contributed by atoms with Gasteiger partial charge in [-0.2, -0.15) is 0 Å². The van der Waals surface area contributed by atoms with E-state index in [1.54, 1.807) is 6.07 Å². The predicted molar refractivity (Wildman–Crippen MR) is 86.3 cm³/mol. The Kier molecular flexibility index (Phi) is 5.39. The Morgan fingerprint density at radius 1 is 1.29 bits per heavy atom. The second-order valence-corrected chi connectivity index (χ2v) is 7.16. The molecule has 118 valence electrons. The molecule has 0 aromatic heterocycles. The van der Waals surface area contributed by atoms with Crippen molar-refractivity contribution in [1.29, 1.82) is 0 Å². The molecule has 0 radical (unpaired) electrons. The van der Waals surface area contributed by atoms with E-state index in [0.29, 0.717) is 5.92 Å². The molecule has 1 aliphatic rings. The molecule has 0 heterocycles. The molecule has 1 aromatic carbocycles.